The summed E-state index contributed by atoms with van der Waals surface area (Å²) in [6.07, 6.45) is 2.77. The molecule has 2 rings (SSSR count). The largest absolute Gasteiger partial charge is 0.289 e. The lowest BCUT2D eigenvalue weighted by molar-refractivity contribution is 0.104. The molecule has 0 unspecified atom stereocenters. The van der Waals surface area contributed by atoms with Gasteiger partial charge in [0.15, 0.2) is 5.78 Å². The van der Waals surface area contributed by atoms with Gasteiger partial charge in [-0.05, 0) is 49.8 Å². The van der Waals surface area contributed by atoms with Crippen molar-refractivity contribution < 1.29 is 9.18 Å². The number of carbonyl (C=O) groups excluding carboxylic acids is 1. The molecule has 0 aromatic heterocycles. The molecule has 0 radical (unpaired) electrons. The Bertz CT molecular complexity index is 669. The van der Waals surface area contributed by atoms with Gasteiger partial charge >= 0.3 is 0 Å². The molecule has 0 atom stereocenters. The number of aryl methyl sites for hydroxylation is 2. The van der Waals surface area contributed by atoms with E-state index in [0.29, 0.717) is 5.56 Å². The molecule has 0 aliphatic rings. The molecule has 0 spiro atoms. The van der Waals surface area contributed by atoms with Crippen molar-refractivity contribution in [2.75, 3.05) is 0 Å². The smallest absolute Gasteiger partial charge is 0.186 e. The molecular weight excluding hydrogens is 275 g/mol. The quantitative estimate of drug-likeness (QED) is 0.574. The van der Waals surface area contributed by atoms with Crippen molar-refractivity contribution in [3.63, 3.8) is 0 Å². The first-order chi connectivity index (χ1) is 9.49. The lowest BCUT2D eigenvalue weighted by Gasteiger charge is -2.03. The summed E-state index contributed by atoms with van der Waals surface area (Å²) in [5, 5.41) is 0.287. The average molecular weight is 289 g/mol. The molecule has 0 aliphatic heterocycles. The number of halogens is 2. The lowest BCUT2D eigenvalue weighted by Crippen LogP contribution is -1.98. The van der Waals surface area contributed by atoms with Crippen LogP contribution in [0.5, 0.6) is 0 Å². The molecule has 0 N–H and O–H groups in total. The zero-order chi connectivity index (χ0) is 14.7. The van der Waals surface area contributed by atoms with Crippen LogP contribution in [0.3, 0.4) is 0 Å². The molecule has 0 saturated carbocycles. The van der Waals surface area contributed by atoms with Crippen LogP contribution in [0.1, 0.15) is 27.0 Å². The maximum atomic E-state index is 13.6. The first-order valence-corrected chi connectivity index (χ1v) is 6.60. The van der Waals surface area contributed by atoms with Crippen molar-refractivity contribution in [1.82, 2.24) is 0 Å². The minimum absolute atomic E-state index is 0.162. The van der Waals surface area contributed by atoms with Crippen LogP contribution in [0.25, 0.3) is 6.08 Å². The van der Waals surface area contributed by atoms with Crippen LogP contribution < -0.4 is 0 Å². The van der Waals surface area contributed by atoms with E-state index < -0.39 is 5.82 Å². The molecule has 1 nitrogen and oxygen atoms in total. The molecule has 20 heavy (non-hydrogen) atoms. The molecule has 0 bridgehead atoms. The van der Waals surface area contributed by atoms with Crippen molar-refractivity contribution >= 4 is 23.5 Å². The Labute approximate surface area is 122 Å². The van der Waals surface area contributed by atoms with Crippen LogP contribution in [0.2, 0.25) is 5.02 Å². The fraction of sp³-hybridized carbons (Fsp3) is 0.118. The lowest BCUT2D eigenvalue weighted by atomic mass is 10.0. The molecule has 0 saturated heterocycles. The number of hydrogen-bond acceptors (Lipinski definition) is 1. The fourth-order valence-corrected chi connectivity index (χ4v) is 2.15. The molecule has 2 aromatic carbocycles. The Morgan fingerprint density at radius 3 is 2.65 bits per heavy atom. The first-order valence-electron chi connectivity index (χ1n) is 6.22. The van der Waals surface area contributed by atoms with E-state index in [2.05, 4.69) is 0 Å². The Kier molecular flexibility index (Phi) is 4.35. The summed E-state index contributed by atoms with van der Waals surface area (Å²) in [6, 6.07) is 10.1. The highest BCUT2D eigenvalue weighted by Crippen LogP contribution is 2.21. The highest BCUT2D eigenvalue weighted by Gasteiger charge is 2.08. The van der Waals surface area contributed by atoms with Gasteiger partial charge in [-0.25, -0.2) is 4.39 Å². The van der Waals surface area contributed by atoms with E-state index in [1.54, 1.807) is 6.07 Å². The Morgan fingerprint density at radius 1 is 1.20 bits per heavy atom. The van der Waals surface area contributed by atoms with Gasteiger partial charge in [-0.1, -0.05) is 35.4 Å². The SMILES string of the molecule is Cc1ccc(C)c(C(=O)/C=C/c2c(F)cccc2Cl)c1. The topological polar surface area (TPSA) is 17.1 Å². The third-order valence-electron chi connectivity index (χ3n) is 3.06. The summed E-state index contributed by atoms with van der Waals surface area (Å²) in [5.41, 5.74) is 2.75. The second-order valence-electron chi connectivity index (χ2n) is 4.65. The summed E-state index contributed by atoms with van der Waals surface area (Å²) in [4.78, 5) is 12.2. The first kappa shape index (κ1) is 14.5. The minimum Gasteiger partial charge on any atom is -0.289 e. The van der Waals surface area contributed by atoms with E-state index in [1.807, 2.05) is 32.0 Å². The van der Waals surface area contributed by atoms with Crippen molar-refractivity contribution in [3.8, 4) is 0 Å². The second kappa shape index (κ2) is 6.02. The van der Waals surface area contributed by atoms with E-state index in [1.165, 1.54) is 24.3 Å². The van der Waals surface area contributed by atoms with Gasteiger partial charge in [0, 0.05) is 11.1 Å². The van der Waals surface area contributed by atoms with Crippen molar-refractivity contribution in [3.05, 3.63) is 75.6 Å². The predicted octanol–water partition coefficient (Wildman–Crippen LogP) is 4.99. The van der Waals surface area contributed by atoms with Crippen LogP contribution in [0.4, 0.5) is 4.39 Å². The minimum atomic E-state index is -0.442. The van der Waals surface area contributed by atoms with Gasteiger partial charge in [0.25, 0.3) is 0 Å². The van der Waals surface area contributed by atoms with Gasteiger partial charge < -0.3 is 0 Å². The van der Waals surface area contributed by atoms with Crippen molar-refractivity contribution in [2.24, 2.45) is 0 Å². The average Bonchev–Trinajstić information content (AvgIpc) is 2.40. The van der Waals surface area contributed by atoms with Crippen LogP contribution in [0, 0.1) is 19.7 Å². The normalized spacial score (nSPS) is 11.0. The zero-order valence-corrected chi connectivity index (χ0v) is 12.0. The molecule has 0 fully saturated rings. The van der Waals surface area contributed by atoms with Crippen LogP contribution in [0.15, 0.2) is 42.5 Å². The molecule has 0 aliphatic carbocycles. The maximum Gasteiger partial charge on any atom is 0.186 e. The second-order valence-corrected chi connectivity index (χ2v) is 5.06. The van der Waals surface area contributed by atoms with Gasteiger partial charge in [-0.2, -0.15) is 0 Å². The summed E-state index contributed by atoms with van der Waals surface area (Å²) in [7, 11) is 0. The summed E-state index contributed by atoms with van der Waals surface area (Å²) in [6.45, 7) is 3.80. The van der Waals surface area contributed by atoms with E-state index in [9.17, 15) is 9.18 Å². The van der Waals surface area contributed by atoms with Crippen molar-refractivity contribution in [1.29, 1.82) is 0 Å². The van der Waals surface area contributed by atoms with Crippen LogP contribution in [-0.4, -0.2) is 5.78 Å². The van der Waals surface area contributed by atoms with Gasteiger partial charge in [0.05, 0.1) is 5.02 Å². The Hall–Kier alpha value is -1.93. The number of allylic oxidation sites excluding steroid dienone is 1. The summed E-state index contributed by atoms with van der Waals surface area (Å²) in [5.74, 6) is -0.604. The Balaban J connectivity index is 2.32. The van der Waals surface area contributed by atoms with E-state index >= 15 is 0 Å². The third-order valence-corrected chi connectivity index (χ3v) is 3.39. The molecule has 0 heterocycles. The van der Waals surface area contributed by atoms with E-state index in [4.69, 9.17) is 11.6 Å². The van der Waals surface area contributed by atoms with Gasteiger partial charge in [0.1, 0.15) is 5.82 Å². The molecule has 2 aromatic rings. The number of carbonyl (C=O) groups is 1. The van der Waals surface area contributed by atoms with Gasteiger partial charge in [-0.3, -0.25) is 4.79 Å². The Morgan fingerprint density at radius 2 is 1.95 bits per heavy atom. The van der Waals surface area contributed by atoms with Gasteiger partial charge in [-0.15, -0.1) is 0 Å². The molecular formula is C17H14ClFO. The zero-order valence-electron chi connectivity index (χ0n) is 11.3. The number of ketones is 1. The number of benzene rings is 2. The highest BCUT2D eigenvalue weighted by atomic mass is 35.5. The summed E-state index contributed by atoms with van der Waals surface area (Å²) < 4.78 is 13.6. The maximum absolute atomic E-state index is 13.6. The summed E-state index contributed by atoms with van der Waals surface area (Å²) >= 11 is 5.91. The monoisotopic (exact) mass is 288 g/mol. The number of hydrogen-bond donors (Lipinski definition) is 0. The fourth-order valence-electron chi connectivity index (χ4n) is 1.92. The van der Waals surface area contributed by atoms with E-state index in [-0.39, 0.29) is 16.4 Å². The highest BCUT2D eigenvalue weighted by molar-refractivity contribution is 6.32. The molecule has 0 amide bonds. The van der Waals surface area contributed by atoms with Gasteiger partial charge in [0.2, 0.25) is 0 Å². The van der Waals surface area contributed by atoms with Crippen LogP contribution in [-0.2, 0) is 0 Å². The number of rotatable bonds is 3. The standard InChI is InChI=1S/C17H14ClFO/c1-11-6-7-12(2)14(10-11)17(20)9-8-13-15(18)4-3-5-16(13)19/h3-10H,1-2H3/b9-8+. The predicted molar refractivity (Wildman–Crippen MR) is 80.7 cm³/mol. The third kappa shape index (κ3) is 3.14. The molecule has 102 valence electrons. The van der Waals surface area contributed by atoms with E-state index in [0.717, 1.165) is 11.1 Å². The van der Waals surface area contributed by atoms with Crippen molar-refractivity contribution in [2.45, 2.75) is 13.8 Å². The molecule has 3 heteroatoms. The van der Waals surface area contributed by atoms with Crippen LogP contribution >= 0.6 is 11.6 Å².